The van der Waals surface area contributed by atoms with Crippen molar-refractivity contribution in [2.45, 2.75) is 12.8 Å². The Hall–Kier alpha value is -3.48. The highest BCUT2D eigenvalue weighted by atomic mass is 19.4. The number of hydrogen-bond donors (Lipinski definition) is 2. The molecule has 2 N–H and O–H groups in total. The van der Waals surface area contributed by atoms with Crippen LogP contribution in [0.25, 0.3) is 0 Å². The molecule has 144 valence electrons. The van der Waals surface area contributed by atoms with E-state index in [0.29, 0.717) is 12.1 Å². The number of nitrogens with one attached hydrogen (secondary N) is 1. The summed E-state index contributed by atoms with van der Waals surface area (Å²) in [6, 6.07) is 18.9. The zero-order chi connectivity index (χ0) is 20.1. The summed E-state index contributed by atoms with van der Waals surface area (Å²) in [4.78, 5) is 12.3. The van der Waals surface area contributed by atoms with Crippen LogP contribution in [0.15, 0.2) is 72.8 Å². The lowest BCUT2D eigenvalue weighted by Crippen LogP contribution is -2.17. The van der Waals surface area contributed by atoms with E-state index in [1.54, 1.807) is 12.1 Å². The van der Waals surface area contributed by atoms with Crippen LogP contribution < -0.4 is 10.1 Å². The SMILES string of the molecule is O=C(Nc1cc(O)cc(Cc2ccccc2)c1)c1ccc(OC(F)(F)F)cc1. The summed E-state index contributed by atoms with van der Waals surface area (Å²) in [5, 5.41) is 12.6. The number of benzene rings is 3. The fourth-order valence-electron chi connectivity index (χ4n) is 2.69. The van der Waals surface area contributed by atoms with Crippen LogP contribution in [0, 0.1) is 0 Å². The van der Waals surface area contributed by atoms with E-state index in [4.69, 9.17) is 0 Å². The largest absolute Gasteiger partial charge is 0.573 e. The van der Waals surface area contributed by atoms with Crippen molar-refractivity contribution in [1.82, 2.24) is 0 Å². The summed E-state index contributed by atoms with van der Waals surface area (Å²) in [6.07, 6.45) is -4.22. The van der Waals surface area contributed by atoms with E-state index in [0.717, 1.165) is 23.3 Å². The van der Waals surface area contributed by atoms with E-state index in [2.05, 4.69) is 10.1 Å². The Kier molecular flexibility index (Phi) is 5.54. The molecule has 0 saturated carbocycles. The molecule has 7 heteroatoms. The average molecular weight is 387 g/mol. The van der Waals surface area contributed by atoms with Gasteiger partial charge < -0.3 is 15.2 Å². The van der Waals surface area contributed by atoms with Gasteiger partial charge in [-0.25, -0.2) is 0 Å². The Balaban J connectivity index is 1.71. The second-order valence-corrected chi connectivity index (χ2v) is 6.08. The summed E-state index contributed by atoms with van der Waals surface area (Å²) in [7, 11) is 0. The van der Waals surface area contributed by atoms with Crippen molar-refractivity contribution >= 4 is 11.6 Å². The van der Waals surface area contributed by atoms with Crippen molar-refractivity contribution in [1.29, 1.82) is 0 Å². The zero-order valence-corrected chi connectivity index (χ0v) is 14.5. The maximum Gasteiger partial charge on any atom is 0.573 e. The Bertz CT molecular complexity index is 955. The number of carbonyl (C=O) groups excluding carboxylic acids is 1. The van der Waals surface area contributed by atoms with Gasteiger partial charge in [-0.1, -0.05) is 30.3 Å². The molecule has 28 heavy (non-hydrogen) atoms. The lowest BCUT2D eigenvalue weighted by molar-refractivity contribution is -0.274. The fraction of sp³-hybridized carbons (Fsp3) is 0.0952. The Labute approximate surface area is 159 Å². The molecule has 0 heterocycles. The Morgan fingerprint density at radius 3 is 2.25 bits per heavy atom. The molecule has 0 fully saturated rings. The molecule has 0 aromatic heterocycles. The molecule has 3 aromatic rings. The van der Waals surface area contributed by atoms with E-state index >= 15 is 0 Å². The molecule has 0 unspecified atom stereocenters. The number of ether oxygens (including phenoxy) is 1. The van der Waals surface area contributed by atoms with Gasteiger partial charge in [-0.2, -0.15) is 0 Å². The van der Waals surface area contributed by atoms with Crippen molar-refractivity contribution in [3.05, 3.63) is 89.5 Å². The van der Waals surface area contributed by atoms with E-state index in [1.807, 2.05) is 30.3 Å². The Morgan fingerprint density at radius 2 is 1.61 bits per heavy atom. The second kappa shape index (κ2) is 8.04. The number of hydrogen-bond acceptors (Lipinski definition) is 3. The van der Waals surface area contributed by atoms with Gasteiger partial charge in [0.1, 0.15) is 11.5 Å². The topological polar surface area (TPSA) is 58.6 Å². The van der Waals surface area contributed by atoms with Gasteiger partial charge in [-0.15, -0.1) is 13.2 Å². The van der Waals surface area contributed by atoms with Crippen LogP contribution in [0.2, 0.25) is 0 Å². The predicted molar refractivity (Wildman–Crippen MR) is 98.4 cm³/mol. The quantitative estimate of drug-likeness (QED) is 0.638. The number of rotatable bonds is 5. The first-order chi connectivity index (χ1) is 13.3. The fourth-order valence-corrected chi connectivity index (χ4v) is 2.69. The van der Waals surface area contributed by atoms with Crippen molar-refractivity contribution in [3.8, 4) is 11.5 Å². The van der Waals surface area contributed by atoms with Gasteiger partial charge in [-0.05, 0) is 53.9 Å². The number of anilines is 1. The van der Waals surface area contributed by atoms with E-state index < -0.39 is 18.0 Å². The number of halogens is 3. The van der Waals surface area contributed by atoms with E-state index in [-0.39, 0.29) is 11.3 Å². The lowest BCUT2D eigenvalue weighted by Gasteiger charge is -2.11. The zero-order valence-electron chi connectivity index (χ0n) is 14.5. The third-order valence-corrected chi connectivity index (χ3v) is 3.84. The molecule has 4 nitrogen and oxygen atoms in total. The molecule has 0 spiro atoms. The number of phenols is 1. The maximum atomic E-state index is 12.3. The highest BCUT2D eigenvalue weighted by molar-refractivity contribution is 6.04. The maximum absolute atomic E-state index is 12.3. The van der Waals surface area contributed by atoms with Crippen LogP contribution in [0.4, 0.5) is 18.9 Å². The summed E-state index contributed by atoms with van der Waals surface area (Å²) >= 11 is 0. The molecule has 3 aromatic carbocycles. The van der Waals surface area contributed by atoms with Crippen LogP contribution in [-0.2, 0) is 6.42 Å². The molecule has 0 saturated heterocycles. The molecule has 0 radical (unpaired) electrons. The lowest BCUT2D eigenvalue weighted by atomic mass is 10.0. The molecular weight excluding hydrogens is 371 g/mol. The molecule has 0 aliphatic rings. The normalized spacial score (nSPS) is 11.1. The predicted octanol–water partition coefficient (Wildman–Crippen LogP) is 5.13. The summed E-state index contributed by atoms with van der Waals surface area (Å²) in [5.41, 5.74) is 2.38. The first kappa shape index (κ1) is 19.3. The molecule has 1 amide bonds. The second-order valence-electron chi connectivity index (χ2n) is 6.08. The van der Waals surface area contributed by atoms with Gasteiger partial charge in [0, 0.05) is 17.3 Å². The van der Waals surface area contributed by atoms with Crippen molar-refractivity contribution in [2.75, 3.05) is 5.32 Å². The molecule has 0 atom stereocenters. The van der Waals surface area contributed by atoms with Gasteiger partial charge in [0.25, 0.3) is 5.91 Å². The van der Waals surface area contributed by atoms with Gasteiger partial charge in [0.05, 0.1) is 0 Å². The minimum atomic E-state index is -4.79. The van der Waals surface area contributed by atoms with Crippen LogP contribution in [-0.4, -0.2) is 17.4 Å². The van der Waals surface area contributed by atoms with Crippen LogP contribution in [0.5, 0.6) is 11.5 Å². The van der Waals surface area contributed by atoms with Gasteiger partial charge in [0.2, 0.25) is 0 Å². The third kappa shape index (κ3) is 5.51. The monoisotopic (exact) mass is 387 g/mol. The summed E-state index contributed by atoms with van der Waals surface area (Å²) < 4.78 is 40.4. The van der Waals surface area contributed by atoms with E-state index in [9.17, 15) is 23.1 Å². The van der Waals surface area contributed by atoms with Crippen LogP contribution in [0.1, 0.15) is 21.5 Å². The summed E-state index contributed by atoms with van der Waals surface area (Å²) in [5.74, 6) is -0.931. The number of carbonyl (C=O) groups is 1. The molecule has 0 aliphatic heterocycles. The van der Waals surface area contributed by atoms with Crippen LogP contribution in [0.3, 0.4) is 0 Å². The molecular formula is C21H16F3NO3. The summed E-state index contributed by atoms with van der Waals surface area (Å²) in [6.45, 7) is 0. The van der Waals surface area contributed by atoms with E-state index in [1.165, 1.54) is 18.2 Å². The third-order valence-electron chi connectivity index (χ3n) is 3.84. The van der Waals surface area contributed by atoms with Crippen molar-refractivity contribution < 1.29 is 27.8 Å². The minimum Gasteiger partial charge on any atom is -0.508 e. The number of alkyl halides is 3. The van der Waals surface area contributed by atoms with Crippen molar-refractivity contribution in [3.63, 3.8) is 0 Å². The number of aromatic hydroxyl groups is 1. The minimum absolute atomic E-state index is 0.00217. The van der Waals surface area contributed by atoms with Crippen LogP contribution >= 0.6 is 0 Å². The standard InChI is InChI=1S/C21H16F3NO3/c22-21(23,24)28-19-8-6-16(7-9-19)20(27)25-17-11-15(12-18(26)13-17)10-14-4-2-1-3-5-14/h1-9,11-13,26H,10H2,(H,25,27). The van der Waals surface area contributed by atoms with Gasteiger partial charge in [-0.3, -0.25) is 4.79 Å². The molecule has 0 bridgehead atoms. The highest BCUT2D eigenvalue weighted by Gasteiger charge is 2.31. The smallest absolute Gasteiger partial charge is 0.508 e. The van der Waals surface area contributed by atoms with Gasteiger partial charge >= 0.3 is 6.36 Å². The van der Waals surface area contributed by atoms with Gasteiger partial charge in [0.15, 0.2) is 0 Å². The number of amides is 1. The average Bonchev–Trinajstić information content (AvgIpc) is 2.61. The highest BCUT2D eigenvalue weighted by Crippen LogP contribution is 2.25. The first-order valence-corrected chi connectivity index (χ1v) is 8.32. The first-order valence-electron chi connectivity index (χ1n) is 8.32. The number of phenolic OH excluding ortho intramolecular Hbond substituents is 1. The molecule has 0 aliphatic carbocycles. The Morgan fingerprint density at radius 1 is 0.929 bits per heavy atom. The van der Waals surface area contributed by atoms with Crippen molar-refractivity contribution in [2.24, 2.45) is 0 Å². The molecule has 3 rings (SSSR count).